The molecule has 0 spiro atoms. The molecule has 1 saturated heterocycles. The van der Waals surface area contributed by atoms with E-state index in [1.807, 2.05) is 29.2 Å². The van der Waals surface area contributed by atoms with Gasteiger partial charge in [0.05, 0.1) is 7.11 Å². The van der Waals surface area contributed by atoms with E-state index >= 15 is 0 Å². The molecule has 146 valence electrons. The van der Waals surface area contributed by atoms with Gasteiger partial charge in [-0.25, -0.2) is 4.98 Å². The van der Waals surface area contributed by atoms with E-state index < -0.39 is 0 Å². The first-order valence-electron chi connectivity index (χ1n) is 9.10. The summed E-state index contributed by atoms with van der Waals surface area (Å²) in [5.41, 5.74) is 1.38. The van der Waals surface area contributed by atoms with Crippen molar-refractivity contribution in [2.24, 2.45) is 0 Å². The largest absolute Gasteiger partial charge is 0.496 e. The molecule has 0 aliphatic carbocycles. The van der Waals surface area contributed by atoms with Gasteiger partial charge >= 0.3 is 0 Å². The molecule has 2 aromatic heterocycles. The molecule has 4 rings (SSSR count). The SMILES string of the molecule is COc1ccccc1CNC(=O)[C@H]1CCCN1c1nn2c(=O)cc(C)nc2s1. The van der Waals surface area contributed by atoms with Crippen LogP contribution in [0.25, 0.3) is 4.96 Å². The Balaban J connectivity index is 1.52. The highest BCUT2D eigenvalue weighted by molar-refractivity contribution is 7.20. The number of hydrogen-bond acceptors (Lipinski definition) is 7. The van der Waals surface area contributed by atoms with Crippen molar-refractivity contribution in [2.75, 3.05) is 18.6 Å². The highest BCUT2D eigenvalue weighted by Gasteiger charge is 2.33. The smallest absolute Gasteiger partial charge is 0.275 e. The van der Waals surface area contributed by atoms with Gasteiger partial charge in [0.2, 0.25) is 16.0 Å². The summed E-state index contributed by atoms with van der Waals surface area (Å²) >= 11 is 1.33. The molecule has 1 aromatic carbocycles. The number of methoxy groups -OCH3 is 1. The van der Waals surface area contributed by atoms with Crippen molar-refractivity contribution in [3.8, 4) is 5.75 Å². The van der Waals surface area contributed by atoms with Crippen LogP contribution < -0.4 is 20.5 Å². The van der Waals surface area contributed by atoms with Crippen molar-refractivity contribution in [3.05, 3.63) is 51.9 Å². The average molecular weight is 399 g/mol. The van der Waals surface area contributed by atoms with Gasteiger partial charge in [-0.1, -0.05) is 29.5 Å². The van der Waals surface area contributed by atoms with E-state index in [0.717, 1.165) is 30.7 Å². The van der Waals surface area contributed by atoms with E-state index in [1.54, 1.807) is 14.0 Å². The van der Waals surface area contributed by atoms with Gasteiger partial charge in [-0.05, 0) is 25.8 Å². The Labute approximate surface area is 165 Å². The third kappa shape index (κ3) is 3.45. The molecule has 0 saturated carbocycles. The number of carbonyl (C=O) groups is 1. The topological polar surface area (TPSA) is 88.8 Å². The van der Waals surface area contributed by atoms with Gasteiger partial charge in [-0.3, -0.25) is 9.59 Å². The predicted octanol–water partition coefficient (Wildman–Crippen LogP) is 1.75. The van der Waals surface area contributed by atoms with Crippen molar-refractivity contribution in [1.29, 1.82) is 0 Å². The van der Waals surface area contributed by atoms with E-state index in [-0.39, 0.29) is 17.5 Å². The van der Waals surface area contributed by atoms with Crippen molar-refractivity contribution in [1.82, 2.24) is 19.9 Å². The number of aromatic nitrogens is 3. The molecule has 1 amide bonds. The summed E-state index contributed by atoms with van der Waals surface area (Å²) in [6.07, 6.45) is 1.64. The van der Waals surface area contributed by atoms with Crippen molar-refractivity contribution >= 4 is 27.3 Å². The average Bonchev–Trinajstić information content (AvgIpc) is 3.33. The minimum atomic E-state index is -0.313. The normalized spacial score (nSPS) is 16.5. The first kappa shape index (κ1) is 18.4. The quantitative estimate of drug-likeness (QED) is 0.703. The molecular formula is C19H21N5O3S. The summed E-state index contributed by atoms with van der Waals surface area (Å²) in [5, 5.41) is 8.05. The van der Waals surface area contributed by atoms with Gasteiger partial charge < -0.3 is 15.0 Å². The Morgan fingerprint density at radius 2 is 2.21 bits per heavy atom. The summed E-state index contributed by atoms with van der Waals surface area (Å²) in [5.74, 6) is 0.692. The van der Waals surface area contributed by atoms with Crippen molar-refractivity contribution in [2.45, 2.75) is 32.4 Å². The molecule has 0 radical (unpaired) electrons. The van der Waals surface area contributed by atoms with E-state index in [1.165, 1.54) is 21.9 Å². The van der Waals surface area contributed by atoms with Crippen LogP contribution in [0.3, 0.4) is 0 Å². The van der Waals surface area contributed by atoms with E-state index in [9.17, 15) is 9.59 Å². The highest BCUT2D eigenvalue weighted by atomic mass is 32.1. The summed E-state index contributed by atoms with van der Waals surface area (Å²) in [7, 11) is 1.62. The number of ether oxygens (including phenoxy) is 1. The van der Waals surface area contributed by atoms with Gasteiger partial charge in [0.25, 0.3) is 5.56 Å². The number of para-hydroxylation sites is 1. The van der Waals surface area contributed by atoms with Crippen molar-refractivity contribution in [3.63, 3.8) is 0 Å². The number of hydrogen-bond donors (Lipinski definition) is 1. The molecule has 1 fully saturated rings. The number of fused-ring (bicyclic) bond motifs is 1. The monoisotopic (exact) mass is 399 g/mol. The first-order valence-corrected chi connectivity index (χ1v) is 9.92. The van der Waals surface area contributed by atoms with Crippen LogP contribution in [0.4, 0.5) is 5.13 Å². The molecule has 3 aromatic rings. The van der Waals surface area contributed by atoms with Crippen LogP contribution in [0, 0.1) is 6.92 Å². The molecular weight excluding hydrogens is 378 g/mol. The molecule has 0 bridgehead atoms. The Bertz CT molecular complexity index is 1080. The number of benzene rings is 1. The second-order valence-corrected chi connectivity index (χ2v) is 7.63. The molecule has 9 heteroatoms. The van der Waals surface area contributed by atoms with Crippen LogP contribution in [-0.4, -0.2) is 40.2 Å². The number of amides is 1. The Morgan fingerprint density at radius 3 is 3.04 bits per heavy atom. The van der Waals surface area contributed by atoms with Gasteiger partial charge in [0.1, 0.15) is 11.8 Å². The number of rotatable bonds is 5. The molecule has 1 atom stereocenters. The van der Waals surface area contributed by atoms with Crippen molar-refractivity contribution < 1.29 is 9.53 Å². The van der Waals surface area contributed by atoms with E-state index in [0.29, 0.717) is 22.3 Å². The van der Waals surface area contributed by atoms with Crippen LogP contribution in [0.1, 0.15) is 24.1 Å². The van der Waals surface area contributed by atoms with Crippen LogP contribution in [0.15, 0.2) is 35.1 Å². The minimum absolute atomic E-state index is 0.0563. The maximum absolute atomic E-state index is 12.8. The number of carbonyl (C=O) groups excluding carboxylic acids is 1. The molecule has 1 aliphatic heterocycles. The lowest BCUT2D eigenvalue weighted by atomic mass is 10.1. The fourth-order valence-electron chi connectivity index (χ4n) is 3.44. The van der Waals surface area contributed by atoms with Gasteiger partial charge in [0, 0.05) is 30.4 Å². The maximum atomic E-state index is 12.8. The number of nitrogens with zero attached hydrogens (tertiary/aromatic N) is 4. The molecule has 8 nitrogen and oxygen atoms in total. The molecule has 3 heterocycles. The molecule has 1 aliphatic rings. The van der Waals surface area contributed by atoms with Crippen LogP contribution in [-0.2, 0) is 11.3 Å². The zero-order valence-electron chi connectivity index (χ0n) is 15.7. The Morgan fingerprint density at radius 1 is 1.39 bits per heavy atom. The van der Waals surface area contributed by atoms with E-state index in [4.69, 9.17) is 4.74 Å². The lowest BCUT2D eigenvalue weighted by Crippen LogP contribution is -2.43. The van der Waals surface area contributed by atoms with Crippen LogP contribution >= 0.6 is 11.3 Å². The predicted molar refractivity (Wildman–Crippen MR) is 107 cm³/mol. The standard InChI is InChI=1S/C19H21N5O3S/c1-12-10-16(25)24-18(21-12)28-19(22-24)23-9-5-7-14(23)17(26)20-11-13-6-3-4-8-15(13)27-2/h3-4,6,8,10,14H,5,7,9,11H2,1-2H3,(H,20,26)/t14-/m1/s1. The van der Waals surface area contributed by atoms with Crippen LogP contribution in [0.5, 0.6) is 5.75 Å². The first-order chi connectivity index (χ1) is 13.6. The molecule has 0 unspecified atom stereocenters. The zero-order chi connectivity index (χ0) is 19.7. The summed E-state index contributed by atoms with van der Waals surface area (Å²) in [4.78, 5) is 31.8. The Kier molecular flexibility index (Phi) is 4.99. The van der Waals surface area contributed by atoms with E-state index in [2.05, 4.69) is 15.4 Å². The van der Waals surface area contributed by atoms with Gasteiger partial charge in [-0.2, -0.15) is 4.52 Å². The zero-order valence-corrected chi connectivity index (χ0v) is 16.5. The van der Waals surface area contributed by atoms with Gasteiger partial charge in [-0.15, -0.1) is 5.10 Å². The third-order valence-corrected chi connectivity index (χ3v) is 5.75. The fraction of sp³-hybridized carbons (Fsp3) is 0.368. The lowest BCUT2D eigenvalue weighted by molar-refractivity contribution is -0.122. The summed E-state index contributed by atoms with van der Waals surface area (Å²) in [6, 6.07) is 8.76. The minimum Gasteiger partial charge on any atom is -0.496 e. The fourth-order valence-corrected chi connectivity index (χ4v) is 4.47. The molecule has 28 heavy (non-hydrogen) atoms. The summed E-state index contributed by atoms with van der Waals surface area (Å²) in [6.45, 7) is 2.90. The van der Waals surface area contributed by atoms with Crippen LogP contribution in [0.2, 0.25) is 0 Å². The second kappa shape index (κ2) is 7.59. The lowest BCUT2D eigenvalue weighted by Gasteiger charge is -2.22. The highest BCUT2D eigenvalue weighted by Crippen LogP contribution is 2.29. The number of anilines is 1. The Hall–Kier alpha value is -2.94. The summed E-state index contributed by atoms with van der Waals surface area (Å²) < 4.78 is 6.64. The maximum Gasteiger partial charge on any atom is 0.275 e. The number of nitrogens with one attached hydrogen (secondary N) is 1. The number of aryl methyl sites for hydroxylation is 1. The second-order valence-electron chi connectivity index (χ2n) is 6.70. The third-order valence-electron chi connectivity index (χ3n) is 4.81. The van der Waals surface area contributed by atoms with Gasteiger partial charge in [0.15, 0.2) is 0 Å². The molecule has 1 N–H and O–H groups in total.